The van der Waals surface area contributed by atoms with Crippen LogP contribution in [0, 0.1) is 0 Å². The lowest BCUT2D eigenvalue weighted by molar-refractivity contribution is -0.140. The van der Waals surface area contributed by atoms with Crippen LogP contribution >= 0.6 is 35.3 Å². The van der Waals surface area contributed by atoms with E-state index in [1.165, 1.54) is 4.90 Å². The van der Waals surface area contributed by atoms with Crippen LogP contribution in [0.2, 0.25) is 0 Å². The second-order valence-electron chi connectivity index (χ2n) is 5.56. The van der Waals surface area contributed by atoms with Crippen molar-refractivity contribution in [2.24, 2.45) is 4.99 Å². The molecule has 2 N–H and O–H groups in total. The van der Waals surface area contributed by atoms with Crippen LogP contribution in [0.1, 0.15) is 17.6 Å². The van der Waals surface area contributed by atoms with Gasteiger partial charge in [-0.25, -0.2) is 9.98 Å². The molecule has 0 aromatic carbocycles. The largest absolute Gasteiger partial charge is 0.434 e. The van der Waals surface area contributed by atoms with Gasteiger partial charge in [0.2, 0.25) is 5.91 Å². The number of aromatic nitrogens is 1. The lowest BCUT2D eigenvalue weighted by Gasteiger charge is -2.13. The Bertz CT molecular complexity index is 631. The van der Waals surface area contributed by atoms with E-state index in [2.05, 4.69) is 27.2 Å². The Morgan fingerprint density at radius 2 is 2.04 bits per heavy atom. The van der Waals surface area contributed by atoms with Crippen LogP contribution in [-0.4, -0.2) is 55.5 Å². The third kappa shape index (κ3) is 9.36. The van der Waals surface area contributed by atoms with Crippen LogP contribution in [0.3, 0.4) is 0 Å². The van der Waals surface area contributed by atoms with E-state index in [0.29, 0.717) is 30.5 Å². The molecule has 1 aromatic heterocycles. The van der Waals surface area contributed by atoms with Gasteiger partial charge in [0.05, 0.1) is 5.01 Å². The van der Waals surface area contributed by atoms with Gasteiger partial charge in [0.15, 0.2) is 11.7 Å². The van der Waals surface area contributed by atoms with E-state index in [1.54, 1.807) is 14.1 Å². The highest BCUT2D eigenvalue weighted by Gasteiger charge is 2.33. The first-order valence-electron chi connectivity index (χ1n) is 7.48. The van der Waals surface area contributed by atoms with Gasteiger partial charge in [0.25, 0.3) is 0 Å². The number of aliphatic imine (C=N–C) groups is 1. The maximum atomic E-state index is 12.5. The summed E-state index contributed by atoms with van der Waals surface area (Å²) in [7, 11) is 3.26. The number of hydrogen-bond acceptors (Lipinski definition) is 4. The molecule has 0 radical (unpaired) electrons. The number of guanidine groups is 1. The summed E-state index contributed by atoms with van der Waals surface area (Å²) in [4.78, 5) is 20.8. The molecule has 0 atom stereocenters. The lowest BCUT2D eigenvalue weighted by Crippen LogP contribution is -2.40. The zero-order valence-electron chi connectivity index (χ0n) is 14.8. The zero-order valence-corrected chi connectivity index (χ0v) is 18.0. The van der Waals surface area contributed by atoms with Gasteiger partial charge in [0, 0.05) is 39.0 Å². The monoisotopic (exact) mass is 505 g/mol. The minimum absolute atomic E-state index is 0. The Labute approximate surface area is 172 Å². The highest BCUT2D eigenvalue weighted by atomic mass is 127. The first-order chi connectivity index (χ1) is 11.6. The minimum atomic E-state index is -4.43. The fourth-order valence-corrected chi connectivity index (χ4v) is 2.35. The van der Waals surface area contributed by atoms with Gasteiger partial charge in [0.1, 0.15) is 6.54 Å². The van der Waals surface area contributed by atoms with E-state index in [4.69, 9.17) is 0 Å². The first kappa shape index (κ1) is 24.6. The molecule has 0 saturated carbocycles. The molecule has 1 heterocycles. The summed E-state index contributed by atoms with van der Waals surface area (Å²) in [5, 5.41) is 7.36. The summed E-state index contributed by atoms with van der Waals surface area (Å²) in [5.41, 5.74) is 0.00144. The maximum absolute atomic E-state index is 12.5. The standard InChI is InChI=1S/C15H22F3N5OS.HI/c1-10(2)7-20-14(21-8-13(24)23(3)4)19-6-5-12-22-11(9-25-12)15(16,17)18;/h9H,1,5-8H2,2-4H3,(H2,19,20,21);1H. The third-order valence-corrected chi connectivity index (χ3v) is 3.81. The fraction of sp³-hybridized carbons (Fsp3) is 0.533. The van der Waals surface area contributed by atoms with Crippen LogP contribution in [0.4, 0.5) is 13.2 Å². The van der Waals surface area contributed by atoms with Crippen molar-refractivity contribution in [3.63, 3.8) is 0 Å². The second kappa shape index (κ2) is 11.4. The minimum Gasteiger partial charge on any atom is -0.356 e. The number of halogens is 4. The summed E-state index contributed by atoms with van der Waals surface area (Å²) in [6.45, 7) is 6.38. The van der Waals surface area contributed by atoms with Gasteiger partial charge in [-0.1, -0.05) is 12.2 Å². The molecule has 1 rings (SSSR count). The van der Waals surface area contributed by atoms with Gasteiger partial charge >= 0.3 is 6.18 Å². The molecule has 26 heavy (non-hydrogen) atoms. The molecule has 0 aliphatic rings. The number of alkyl halides is 3. The smallest absolute Gasteiger partial charge is 0.356 e. The van der Waals surface area contributed by atoms with E-state index < -0.39 is 11.9 Å². The molecule has 0 aliphatic heterocycles. The summed E-state index contributed by atoms with van der Waals surface area (Å²) in [6.07, 6.45) is -4.11. The summed E-state index contributed by atoms with van der Waals surface area (Å²) in [5.74, 6) is 0.233. The number of rotatable bonds is 7. The molecule has 0 fully saturated rings. The highest BCUT2D eigenvalue weighted by molar-refractivity contribution is 14.0. The molecule has 0 unspecified atom stereocenters. The van der Waals surface area contributed by atoms with Crippen LogP contribution in [0.25, 0.3) is 0 Å². The molecule has 0 saturated heterocycles. The van der Waals surface area contributed by atoms with Gasteiger partial charge in [-0.05, 0) is 6.92 Å². The third-order valence-electron chi connectivity index (χ3n) is 2.90. The van der Waals surface area contributed by atoms with Gasteiger partial charge in [-0.15, -0.1) is 35.3 Å². The molecule has 1 aromatic rings. The second-order valence-corrected chi connectivity index (χ2v) is 6.51. The van der Waals surface area contributed by atoms with Crippen molar-refractivity contribution in [3.8, 4) is 0 Å². The Morgan fingerprint density at radius 1 is 1.38 bits per heavy atom. The van der Waals surface area contributed by atoms with Crippen molar-refractivity contribution in [2.75, 3.05) is 33.7 Å². The summed E-state index contributed by atoms with van der Waals surface area (Å²) >= 11 is 0.962. The summed E-state index contributed by atoms with van der Waals surface area (Å²) in [6, 6.07) is 0. The van der Waals surface area contributed by atoms with Crippen molar-refractivity contribution < 1.29 is 18.0 Å². The molecular formula is C15H23F3IN5OS. The fourth-order valence-electron chi connectivity index (χ4n) is 1.54. The Morgan fingerprint density at radius 3 is 2.54 bits per heavy atom. The molecule has 1 amide bonds. The quantitative estimate of drug-likeness (QED) is 0.259. The predicted octanol–water partition coefficient (Wildman–Crippen LogP) is 2.52. The van der Waals surface area contributed by atoms with E-state index in [0.717, 1.165) is 22.3 Å². The van der Waals surface area contributed by atoms with Crippen molar-refractivity contribution in [2.45, 2.75) is 19.5 Å². The number of amides is 1. The normalized spacial score (nSPS) is 11.5. The first-order valence-corrected chi connectivity index (χ1v) is 8.36. The predicted molar refractivity (Wildman–Crippen MR) is 108 cm³/mol. The van der Waals surface area contributed by atoms with E-state index in [-0.39, 0.29) is 36.4 Å². The Hall–Kier alpha value is -1.37. The van der Waals surface area contributed by atoms with Gasteiger partial charge in [-0.3, -0.25) is 4.79 Å². The van der Waals surface area contributed by atoms with Crippen molar-refractivity contribution in [3.05, 3.63) is 28.2 Å². The van der Waals surface area contributed by atoms with E-state index in [1.807, 2.05) is 6.92 Å². The number of thiazole rings is 1. The van der Waals surface area contributed by atoms with Gasteiger partial charge < -0.3 is 15.5 Å². The number of nitrogens with one attached hydrogen (secondary N) is 2. The number of carbonyl (C=O) groups excluding carboxylic acids is 1. The number of likely N-dealkylation sites (N-methyl/N-ethyl adjacent to an activating group) is 1. The van der Waals surface area contributed by atoms with E-state index in [9.17, 15) is 18.0 Å². The number of nitrogens with zero attached hydrogens (tertiary/aromatic N) is 3. The molecular weight excluding hydrogens is 482 g/mol. The Balaban J connectivity index is 0.00000625. The molecule has 0 bridgehead atoms. The average molecular weight is 505 g/mol. The van der Waals surface area contributed by atoms with Crippen LogP contribution in [-0.2, 0) is 17.4 Å². The average Bonchev–Trinajstić information content (AvgIpc) is 2.97. The molecule has 0 aliphatic carbocycles. The van der Waals surface area contributed by atoms with Crippen LogP contribution < -0.4 is 10.6 Å². The molecule has 148 valence electrons. The SMILES string of the molecule is C=C(C)CNC(=NCC(=O)N(C)C)NCCc1nc(C(F)(F)F)cs1.I. The zero-order chi connectivity index (χ0) is 19.0. The molecule has 6 nitrogen and oxygen atoms in total. The maximum Gasteiger partial charge on any atom is 0.434 e. The highest BCUT2D eigenvalue weighted by Crippen LogP contribution is 2.29. The number of carbonyl (C=O) groups is 1. The summed E-state index contributed by atoms with van der Waals surface area (Å²) < 4.78 is 37.6. The van der Waals surface area contributed by atoms with Crippen molar-refractivity contribution >= 4 is 47.2 Å². The molecule has 11 heteroatoms. The Kier molecular flexibility index (Phi) is 10.8. The number of hydrogen-bond donors (Lipinski definition) is 2. The van der Waals surface area contributed by atoms with Crippen molar-refractivity contribution in [1.29, 1.82) is 0 Å². The van der Waals surface area contributed by atoms with E-state index >= 15 is 0 Å². The van der Waals surface area contributed by atoms with Crippen molar-refractivity contribution in [1.82, 2.24) is 20.5 Å². The lowest BCUT2D eigenvalue weighted by atomic mass is 10.3. The molecule has 0 spiro atoms. The van der Waals surface area contributed by atoms with Crippen LogP contribution in [0.5, 0.6) is 0 Å². The van der Waals surface area contributed by atoms with Gasteiger partial charge in [-0.2, -0.15) is 13.2 Å². The topological polar surface area (TPSA) is 69.6 Å². The van der Waals surface area contributed by atoms with Crippen LogP contribution in [0.15, 0.2) is 22.5 Å².